The van der Waals surface area contributed by atoms with Gasteiger partial charge < -0.3 is 5.73 Å². The molecule has 5 nitrogen and oxygen atoms in total. The number of anilines is 1. The summed E-state index contributed by atoms with van der Waals surface area (Å²) in [6.45, 7) is 2.26. The highest BCUT2D eigenvalue weighted by Gasteiger charge is 2.02. The highest BCUT2D eigenvalue weighted by Crippen LogP contribution is 2.14. The quantitative estimate of drug-likeness (QED) is 0.809. The van der Waals surface area contributed by atoms with Crippen LogP contribution in [0.1, 0.15) is 10.4 Å². The van der Waals surface area contributed by atoms with Gasteiger partial charge in [-0.05, 0) is 12.5 Å². The van der Waals surface area contributed by atoms with Crippen LogP contribution in [0.2, 0.25) is 0 Å². The molecule has 0 aliphatic rings. The van der Waals surface area contributed by atoms with Crippen molar-refractivity contribution in [1.82, 2.24) is 14.8 Å². The Labute approximate surface area is 90.2 Å². The molecule has 15 heavy (non-hydrogen) atoms. The number of nitrogen functional groups attached to an aromatic ring is 1. The molecule has 78 valence electrons. The number of hydrogen-bond acceptors (Lipinski definition) is 5. The first kappa shape index (κ1) is 9.85. The van der Waals surface area contributed by atoms with Crippen LogP contribution in [-0.2, 0) is 6.54 Å². The summed E-state index contributed by atoms with van der Waals surface area (Å²) in [5, 5.41) is 4.53. The predicted molar refractivity (Wildman–Crippen MR) is 58.9 cm³/mol. The summed E-state index contributed by atoms with van der Waals surface area (Å²) in [7, 11) is 0. The molecule has 0 amide bonds. The summed E-state index contributed by atoms with van der Waals surface area (Å²) in [6, 6.07) is 1.55. The zero-order valence-corrected chi connectivity index (χ0v) is 8.99. The van der Waals surface area contributed by atoms with E-state index in [2.05, 4.69) is 10.1 Å². The maximum Gasteiger partial charge on any atom is 0.267 e. The Kier molecular flexibility index (Phi) is 2.51. The lowest BCUT2D eigenvalue weighted by Crippen LogP contribution is -2.22. The van der Waals surface area contributed by atoms with Gasteiger partial charge in [-0.3, -0.25) is 4.79 Å². The second-order valence-corrected chi connectivity index (χ2v) is 4.34. The zero-order valence-electron chi connectivity index (χ0n) is 8.17. The molecule has 0 aliphatic carbocycles. The summed E-state index contributed by atoms with van der Waals surface area (Å²) in [5.74, 6) is 0. The molecule has 2 aromatic rings. The summed E-state index contributed by atoms with van der Waals surface area (Å²) < 4.78 is 1.39. The van der Waals surface area contributed by atoms with Gasteiger partial charge in [0, 0.05) is 17.1 Å². The molecule has 0 unspecified atom stereocenters. The minimum atomic E-state index is -0.109. The molecular weight excluding hydrogens is 212 g/mol. The fourth-order valence-corrected chi connectivity index (χ4v) is 1.85. The summed E-state index contributed by atoms with van der Waals surface area (Å²) in [6.07, 6.45) is 3.32. The number of aryl methyl sites for hydroxylation is 1. The van der Waals surface area contributed by atoms with E-state index in [0.29, 0.717) is 11.7 Å². The maximum absolute atomic E-state index is 11.5. The van der Waals surface area contributed by atoms with E-state index in [4.69, 9.17) is 5.73 Å². The predicted octanol–water partition coefficient (Wildman–Crippen LogP) is 0.639. The normalized spacial score (nSPS) is 10.5. The molecule has 2 N–H and O–H groups in total. The largest absolute Gasteiger partial charge is 0.375 e. The van der Waals surface area contributed by atoms with Crippen molar-refractivity contribution in [2.75, 3.05) is 5.73 Å². The lowest BCUT2D eigenvalue weighted by molar-refractivity contribution is 0.641. The van der Waals surface area contributed by atoms with Crippen LogP contribution >= 0.6 is 11.3 Å². The van der Waals surface area contributed by atoms with Crippen LogP contribution in [0.5, 0.6) is 0 Å². The summed E-state index contributed by atoms with van der Waals surface area (Å²) in [5.41, 5.74) is 6.25. The molecule has 0 spiro atoms. The third-order valence-corrected chi connectivity index (χ3v) is 2.69. The molecule has 0 radical (unpaired) electrons. The first-order chi connectivity index (χ1) is 7.15. The topological polar surface area (TPSA) is 73.8 Å². The van der Waals surface area contributed by atoms with Crippen molar-refractivity contribution in [2.45, 2.75) is 13.5 Å². The van der Waals surface area contributed by atoms with Gasteiger partial charge in [-0.15, -0.1) is 11.3 Å². The van der Waals surface area contributed by atoms with Crippen LogP contribution in [0, 0.1) is 6.92 Å². The van der Waals surface area contributed by atoms with Gasteiger partial charge in [0.25, 0.3) is 5.56 Å². The third-order valence-electron chi connectivity index (χ3n) is 1.88. The van der Waals surface area contributed by atoms with Gasteiger partial charge in [0.2, 0.25) is 0 Å². The Morgan fingerprint density at radius 3 is 2.93 bits per heavy atom. The van der Waals surface area contributed by atoms with Crippen molar-refractivity contribution in [1.29, 1.82) is 0 Å². The monoisotopic (exact) mass is 222 g/mol. The van der Waals surface area contributed by atoms with E-state index in [1.807, 2.05) is 6.92 Å². The maximum atomic E-state index is 11.5. The minimum Gasteiger partial charge on any atom is -0.375 e. The van der Waals surface area contributed by atoms with Crippen LogP contribution in [-0.4, -0.2) is 14.8 Å². The Balaban J connectivity index is 2.28. The minimum absolute atomic E-state index is 0.109. The SMILES string of the molecule is Cc1cnn(Cc2cnc(N)s2)c(=O)c1. The van der Waals surface area contributed by atoms with Gasteiger partial charge in [0.15, 0.2) is 5.13 Å². The second kappa shape index (κ2) is 3.82. The van der Waals surface area contributed by atoms with E-state index in [9.17, 15) is 4.79 Å². The Hall–Kier alpha value is -1.69. The van der Waals surface area contributed by atoms with Gasteiger partial charge in [-0.25, -0.2) is 9.67 Å². The molecule has 2 heterocycles. The Morgan fingerprint density at radius 1 is 1.53 bits per heavy atom. The molecular formula is C9H10N4OS. The van der Waals surface area contributed by atoms with E-state index >= 15 is 0 Å². The molecule has 0 aromatic carbocycles. The van der Waals surface area contributed by atoms with E-state index < -0.39 is 0 Å². The van der Waals surface area contributed by atoms with Crippen molar-refractivity contribution in [3.63, 3.8) is 0 Å². The van der Waals surface area contributed by atoms with Crippen molar-refractivity contribution >= 4 is 16.5 Å². The fraction of sp³-hybridized carbons (Fsp3) is 0.222. The molecule has 0 saturated carbocycles. The Bertz CT molecular complexity index is 531. The van der Waals surface area contributed by atoms with Gasteiger partial charge in [-0.2, -0.15) is 5.10 Å². The van der Waals surface area contributed by atoms with Gasteiger partial charge in [0.05, 0.1) is 12.7 Å². The molecule has 0 saturated heterocycles. The van der Waals surface area contributed by atoms with Crippen molar-refractivity contribution < 1.29 is 0 Å². The average Bonchev–Trinajstić information content (AvgIpc) is 2.56. The van der Waals surface area contributed by atoms with Crippen LogP contribution in [0.3, 0.4) is 0 Å². The fourth-order valence-electron chi connectivity index (χ4n) is 1.19. The first-order valence-electron chi connectivity index (χ1n) is 4.39. The van der Waals surface area contributed by atoms with Crippen LogP contribution < -0.4 is 11.3 Å². The number of aromatic nitrogens is 3. The second-order valence-electron chi connectivity index (χ2n) is 3.19. The van der Waals surface area contributed by atoms with Crippen LogP contribution in [0.15, 0.2) is 23.3 Å². The smallest absolute Gasteiger partial charge is 0.267 e. The standard InChI is InChI=1S/C9H10N4OS/c1-6-2-8(14)13(12-3-6)5-7-4-11-9(10)15-7/h2-4H,5H2,1H3,(H2,10,11). The van der Waals surface area contributed by atoms with Crippen molar-refractivity contribution in [3.8, 4) is 0 Å². The van der Waals surface area contributed by atoms with E-state index in [-0.39, 0.29) is 5.56 Å². The van der Waals surface area contributed by atoms with E-state index in [1.54, 1.807) is 18.5 Å². The van der Waals surface area contributed by atoms with E-state index in [1.165, 1.54) is 16.0 Å². The lowest BCUT2D eigenvalue weighted by atomic mass is 10.3. The Morgan fingerprint density at radius 2 is 2.33 bits per heavy atom. The first-order valence-corrected chi connectivity index (χ1v) is 5.21. The highest BCUT2D eigenvalue weighted by atomic mass is 32.1. The van der Waals surface area contributed by atoms with E-state index in [0.717, 1.165) is 10.4 Å². The molecule has 6 heteroatoms. The number of hydrogen-bond donors (Lipinski definition) is 1. The van der Waals surface area contributed by atoms with Crippen LogP contribution in [0.4, 0.5) is 5.13 Å². The summed E-state index contributed by atoms with van der Waals surface area (Å²) >= 11 is 1.36. The van der Waals surface area contributed by atoms with Crippen LogP contribution in [0.25, 0.3) is 0 Å². The van der Waals surface area contributed by atoms with Crippen molar-refractivity contribution in [3.05, 3.63) is 39.3 Å². The van der Waals surface area contributed by atoms with Gasteiger partial charge >= 0.3 is 0 Å². The average molecular weight is 222 g/mol. The van der Waals surface area contributed by atoms with Gasteiger partial charge in [0.1, 0.15) is 0 Å². The number of nitrogens with zero attached hydrogens (tertiary/aromatic N) is 3. The number of thiazole rings is 1. The number of nitrogens with two attached hydrogens (primary N) is 1. The zero-order chi connectivity index (χ0) is 10.8. The van der Waals surface area contributed by atoms with Gasteiger partial charge in [-0.1, -0.05) is 0 Å². The summed E-state index contributed by atoms with van der Waals surface area (Å²) in [4.78, 5) is 16.3. The highest BCUT2D eigenvalue weighted by molar-refractivity contribution is 7.15. The third kappa shape index (κ3) is 2.21. The molecule has 0 atom stereocenters. The lowest BCUT2D eigenvalue weighted by Gasteiger charge is -2.01. The van der Waals surface area contributed by atoms with Crippen molar-refractivity contribution in [2.24, 2.45) is 0 Å². The molecule has 0 aliphatic heterocycles. The molecule has 0 bridgehead atoms. The number of rotatable bonds is 2. The molecule has 0 fully saturated rings. The molecule has 2 aromatic heterocycles. The molecule has 2 rings (SSSR count).